The summed E-state index contributed by atoms with van der Waals surface area (Å²) in [5.41, 5.74) is 1.09. The molecule has 1 aromatic rings. The predicted octanol–water partition coefficient (Wildman–Crippen LogP) is 2.45. The van der Waals surface area contributed by atoms with E-state index in [0.717, 1.165) is 10.7 Å². The highest BCUT2D eigenvalue weighted by Gasteiger charge is 2.01. The van der Waals surface area contributed by atoms with Crippen LogP contribution in [0.15, 0.2) is 30.2 Å². The number of hydrogen-bond acceptors (Lipinski definition) is 3. The Morgan fingerprint density at radius 2 is 2.08 bits per heavy atom. The Labute approximate surface area is 77.1 Å². The second kappa shape index (κ2) is 4.26. The van der Waals surface area contributed by atoms with Crippen LogP contribution in [0.1, 0.15) is 12.5 Å². The van der Waals surface area contributed by atoms with Crippen LogP contribution in [0.3, 0.4) is 0 Å². The summed E-state index contributed by atoms with van der Waals surface area (Å²) < 4.78 is 0. The molecule has 0 aromatic carbocycles. The van der Waals surface area contributed by atoms with Gasteiger partial charge in [0, 0.05) is 17.6 Å². The van der Waals surface area contributed by atoms with E-state index in [2.05, 4.69) is 23.5 Å². The van der Waals surface area contributed by atoms with Crippen LogP contribution in [-0.2, 0) is 0 Å². The van der Waals surface area contributed by atoms with Gasteiger partial charge in [0.2, 0.25) is 0 Å². The Morgan fingerprint density at radius 3 is 2.58 bits per heavy atom. The summed E-state index contributed by atoms with van der Waals surface area (Å²) in [6.07, 6.45) is 5.53. The highest BCUT2D eigenvalue weighted by atomic mass is 32.2. The van der Waals surface area contributed by atoms with Gasteiger partial charge in [-0.25, -0.2) is 9.97 Å². The summed E-state index contributed by atoms with van der Waals surface area (Å²) in [6.45, 7) is 7.75. The standard InChI is InChI=1S/C9H12N2S/c1-4-8(3)12-9-10-5-7(2)6-11-9/h4-6,8H,1H2,2-3H3. The van der Waals surface area contributed by atoms with Crippen molar-refractivity contribution in [1.29, 1.82) is 0 Å². The Kier molecular flexibility index (Phi) is 3.29. The Morgan fingerprint density at radius 1 is 1.50 bits per heavy atom. The van der Waals surface area contributed by atoms with Crippen LogP contribution in [0.4, 0.5) is 0 Å². The molecule has 0 saturated carbocycles. The first-order chi connectivity index (χ1) is 5.72. The molecule has 1 unspecified atom stereocenters. The number of thioether (sulfide) groups is 1. The average Bonchev–Trinajstić information content (AvgIpc) is 2.09. The summed E-state index contributed by atoms with van der Waals surface area (Å²) in [4.78, 5) is 8.34. The van der Waals surface area contributed by atoms with E-state index >= 15 is 0 Å². The summed E-state index contributed by atoms with van der Waals surface area (Å²) in [5, 5.41) is 1.18. The SMILES string of the molecule is C=CC(C)Sc1ncc(C)cn1. The summed E-state index contributed by atoms with van der Waals surface area (Å²) in [6, 6.07) is 0. The Hall–Kier alpha value is -0.830. The van der Waals surface area contributed by atoms with E-state index in [4.69, 9.17) is 0 Å². The van der Waals surface area contributed by atoms with Crippen LogP contribution >= 0.6 is 11.8 Å². The molecule has 0 aliphatic heterocycles. The van der Waals surface area contributed by atoms with E-state index < -0.39 is 0 Å². The third-order valence-electron chi connectivity index (χ3n) is 1.38. The zero-order valence-corrected chi connectivity index (χ0v) is 8.14. The van der Waals surface area contributed by atoms with Gasteiger partial charge in [-0.1, -0.05) is 17.8 Å². The molecule has 0 N–H and O–H groups in total. The molecule has 0 bridgehead atoms. The highest BCUT2D eigenvalue weighted by molar-refractivity contribution is 7.99. The molecule has 0 fully saturated rings. The minimum absolute atomic E-state index is 0.368. The largest absolute Gasteiger partial charge is 0.231 e. The van der Waals surface area contributed by atoms with E-state index in [1.54, 1.807) is 11.8 Å². The van der Waals surface area contributed by atoms with Crippen molar-refractivity contribution >= 4 is 11.8 Å². The summed E-state index contributed by atoms with van der Waals surface area (Å²) in [7, 11) is 0. The van der Waals surface area contributed by atoms with Gasteiger partial charge in [0.25, 0.3) is 0 Å². The molecule has 3 heteroatoms. The maximum Gasteiger partial charge on any atom is 0.188 e. The molecular weight excluding hydrogens is 168 g/mol. The zero-order chi connectivity index (χ0) is 8.97. The van der Waals surface area contributed by atoms with Crippen LogP contribution in [0.5, 0.6) is 0 Å². The quantitative estimate of drug-likeness (QED) is 0.406. The highest BCUT2D eigenvalue weighted by Crippen LogP contribution is 2.18. The van der Waals surface area contributed by atoms with E-state index in [1.807, 2.05) is 25.4 Å². The Balaban J connectivity index is 2.64. The fourth-order valence-corrected chi connectivity index (χ4v) is 1.31. The van der Waals surface area contributed by atoms with Crippen LogP contribution in [0.25, 0.3) is 0 Å². The molecule has 0 spiro atoms. The van der Waals surface area contributed by atoms with E-state index in [9.17, 15) is 0 Å². The fraction of sp³-hybridized carbons (Fsp3) is 0.333. The molecule has 1 rings (SSSR count). The third-order valence-corrected chi connectivity index (χ3v) is 2.37. The summed E-state index contributed by atoms with van der Waals surface area (Å²) in [5.74, 6) is 0. The van der Waals surface area contributed by atoms with Gasteiger partial charge < -0.3 is 0 Å². The van der Waals surface area contributed by atoms with Gasteiger partial charge in [-0.3, -0.25) is 0 Å². The van der Waals surface area contributed by atoms with Crippen molar-refractivity contribution < 1.29 is 0 Å². The van der Waals surface area contributed by atoms with Gasteiger partial charge in [0.1, 0.15) is 0 Å². The normalized spacial score (nSPS) is 12.5. The van der Waals surface area contributed by atoms with Gasteiger partial charge in [0.05, 0.1) is 0 Å². The van der Waals surface area contributed by atoms with Crippen LogP contribution < -0.4 is 0 Å². The predicted molar refractivity (Wildman–Crippen MR) is 52.3 cm³/mol. The van der Waals surface area contributed by atoms with Crippen LogP contribution in [-0.4, -0.2) is 15.2 Å². The lowest BCUT2D eigenvalue weighted by molar-refractivity contribution is 0.946. The number of aromatic nitrogens is 2. The van der Waals surface area contributed by atoms with E-state index in [1.165, 1.54) is 0 Å². The summed E-state index contributed by atoms with van der Waals surface area (Å²) >= 11 is 1.61. The van der Waals surface area contributed by atoms with Crippen LogP contribution in [0, 0.1) is 6.92 Å². The van der Waals surface area contributed by atoms with Gasteiger partial charge in [-0.05, 0) is 19.4 Å². The maximum absolute atomic E-state index is 4.17. The molecule has 64 valence electrons. The van der Waals surface area contributed by atoms with Crippen molar-refractivity contribution in [2.45, 2.75) is 24.3 Å². The average molecular weight is 180 g/mol. The topological polar surface area (TPSA) is 25.8 Å². The fourth-order valence-electron chi connectivity index (χ4n) is 0.656. The second-order valence-corrected chi connectivity index (χ2v) is 3.95. The van der Waals surface area contributed by atoms with Gasteiger partial charge in [-0.15, -0.1) is 6.58 Å². The molecule has 0 aliphatic carbocycles. The van der Waals surface area contributed by atoms with Crippen molar-refractivity contribution in [3.05, 3.63) is 30.6 Å². The van der Waals surface area contributed by atoms with E-state index in [0.29, 0.717) is 5.25 Å². The first kappa shape index (κ1) is 9.26. The maximum atomic E-state index is 4.17. The molecule has 1 aromatic heterocycles. The molecule has 12 heavy (non-hydrogen) atoms. The first-order valence-corrected chi connectivity index (χ1v) is 4.68. The minimum atomic E-state index is 0.368. The molecule has 0 aliphatic rings. The van der Waals surface area contributed by atoms with Crippen molar-refractivity contribution in [2.75, 3.05) is 0 Å². The van der Waals surface area contributed by atoms with Crippen molar-refractivity contribution in [2.24, 2.45) is 0 Å². The van der Waals surface area contributed by atoms with Gasteiger partial charge >= 0.3 is 0 Å². The lowest BCUT2D eigenvalue weighted by atomic mass is 10.4. The number of nitrogens with zero attached hydrogens (tertiary/aromatic N) is 2. The van der Waals surface area contributed by atoms with Crippen molar-refractivity contribution in [3.8, 4) is 0 Å². The molecule has 0 amide bonds. The number of rotatable bonds is 3. The first-order valence-electron chi connectivity index (χ1n) is 3.80. The second-order valence-electron chi connectivity index (χ2n) is 2.60. The van der Waals surface area contributed by atoms with Gasteiger partial charge in [0.15, 0.2) is 5.16 Å². The lowest BCUT2D eigenvalue weighted by Gasteiger charge is -2.02. The minimum Gasteiger partial charge on any atom is -0.231 e. The van der Waals surface area contributed by atoms with E-state index in [-0.39, 0.29) is 0 Å². The third kappa shape index (κ3) is 2.66. The lowest BCUT2D eigenvalue weighted by Crippen LogP contribution is -1.93. The van der Waals surface area contributed by atoms with Crippen molar-refractivity contribution in [3.63, 3.8) is 0 Å². The molecule has 0 radical (unpaired) electrons. The molecule has 1 atom stereocenters. The molecule has 1 heterocycles. The number of hydrogen-bond donors (Lipinski definition) is 0. The van der Waals surface area contributed by atoms with Crippen molar-refractivity contribution in [1.82, 2.24) is 9.97 Å². The Bertz CT molecular complexity index is 256. The zero-order valence-electron chi connectivity index (χ0n) is 7.32. The monoisotopic (exact) mass is 180 g/mol. The molecule has 2 nitrogen and oxygen atoms in total. The molecular formula is C9H12N2S. The van der Waals surface area contributed by atoms with Crippen LogP contribution in [0.2, 0.25) is 0 Å². The number of aryl methyl sites for hydroxylation is 1. The smallest absolute Gasteiger partial charge is 0.188 e. The molecule has 0 saturated heterocycles. The van der Waals surface area contributed by atoms with Gasteiger partial charge in [-0.2, -0.15) is 0 Å².